The molecular weight excluding hydrogens is 353 g/mol. The monoisotopic (exact) mass is 373 g/mol. The first kappa shape index (κ1) is 18.6. The first-order valence-corrected chi connectivity index (χ1v) is 8.62. The van der Waals surface area contributed by atoms with Crippen molar-refractivity contribution in [2.24, 2.45) is 0 Å². The molecule has 1 aliphatic heterocycles. The molecule has 0 aliphatic carbocycles. The van der Waals surface area contributed by atoms with Gasteiger partial charge < -0.3 is 19.9 Å². The predicted octanol–water partition coefficient (Wildman–Crippen LogP) is 2.15. The number of piperazine rings is 1. The molecule has 3 rings (SSSR count). The fraction of sp³-hybridized carbons (Fsp3) is 0.333. The van der Waals surface area contributed by atoms with Crippen molar-refractivity contribution in [3.05, 3.63) is 48.0 Å². The normalized spacial score (nSPS) is 14.0. The summed E-state index contributed by atoms with van der Waals surface area (Å²) in [4.78, 5) is 36.0. The summed E-state index contributed by atoms with van der Waals surface area (Å²) in [6, 6.07) is 5.49. The summed E-state index contributed by atoms with van der Waals surface area (Å²) >= 11 is 0. The maximum absolute atomic E-state index is 12.9. The average molecular weight is 373 g/mol. The molecule has 1 fully saturated rings. The zero-order valence-electron chi connectivity index (χ0n) is 14.9. The van der Waals surface area contributed by atoms with Gasteiger partial charge in [0.05, 0.1) is 12.2 Å². The van der Waals surface area contributed by atoms with E-state index in [9.17, 15) is 14.0 Å². The molecule has 2 amide bonds. The summed E-state index contributed by atoms with van der Waals surface area (Å²) in [5, 5.41) is 2.66. The number of aromatic nitrogens is 2. The van der Waals surface area contributed by atoms with Crippen molar-refractivity contribution < 1.29 is 18.7 Å². The fourth-order valence-electron chi connectivity index (χ4n) is 2.64. The number of halogens is 1. The summed E-state index contributed by atoms with van der Waals surface area (Å²) in [6.07, 6.45) is 2.57. The fourth-order valence-corrected chi connectivity index (χ4v) is 2.64. The lowest BCUT2D eigenvalue weighted by Gasteiger charge is -2.33. The first-order chi connectivity index (χ1) is 13.1. The Morgan fingerprint density at radius 1 is 1.11 bits per heavy atom. The van der Waals surface area contributed by atoms with E-state index < -0.39 is 0 Å². The molecule has 1 aromatic heterocycles. The second-order valence-corrected chi connectivity index (χ2v) is 5.91. The third-order valence-electron chi connectivity index (χ3n) is 4.09. The smallest absolute Gasteiger partial charge is 0.409 e. The van der Waals surface area contributed by atoms with E-state index in [0.717, 1.165) is 0 Å². The van der Waals surface area contributed by atoms with Crippen LogP contribution in [0.5, 0.6) is 0 Å². The topological polar surface area (TPSA) is 87.7 Å². The van der Waals surface area contributed by atoms with Crippen molar-refractivity contribution in [1.29, 1.82) is 0 Å². The molecule has 27 heavy (non-hydrogen) atoms. The van der Waals surface area contributed by atoms with Crippen LogP contribution in [0, 0.1) is 5.82 Å². The Morgan fingerprint density at radius 2 is 1.74 bits per heavy atom. The number of amides is 2. The van der Waals surface area contributed by atoms with Gasteiger partial charge in [-0.1, -0.05) is 0 Å². The average Bonchev–Trinajstić information content (AvgIpc) is 2.70. The van der Waals surface area contributed by atoms with Crippen molar-refractivity contribution in [3.8, 4) is 0 Å². The summed E-state index contributed by atoms with van der Waals surface area (Å²) < 4.78 is 17.9. The first-order valence-electron chi connectivity index (χ1n) is 8.62. The quantitative estimate of drug-likeness (QED) is 0.884. The molecule has 0 radical (unpaired) electrons. The van der Waals surface area contributed by atoms with E-state index in [1.165, 1.54) is 36.7 Å². The van der Waals surface area contributed by atoms with Crippen LogP contribution in [0.2, 0.25) is 0 Å². The van der Waals surface area contributed by atoms with Gasteiger partial charge in [-0.3, -0.25) is 4.79 Å². The number of rotatable bonds is 4. The van der Waals surface area contributed by atoms with Crippen LogP contribution < -0.4 is 10.2 Å². The van der Waals surface area contributed by atoms with Gasteiger partial charge >= 0.3 is 6.09 Å². The van der Waals surface area contributed by atoms with Crippen LogP contribution in [-0.4, -0.2) is 59.7 Å². The molecule has 1 aliphatic rings. The highest BCUT2D eigenvalue weighted by Gasteiger charge is 2.23. The molecule has 2 heterocycles. The molecule has 1 aromatic carbocycles. The van der Waals surface area contributed by atoms with Crippen LogP contribution in [0.15, 0.2) is 36.7 Å². The molecule has 142 valence electrons. The van der Waals surface area contributed by atoms with Crippen molar-refractivity contribution in [2.75, 3.05) is 43.0 Å². The zero-order valence-corrected chi connectivity index (χ0v) is 14.9. The summed E-state index contributed by atoms with van der Waals surface area (Å²) in [5.41, 5.74) is 0.786. The Balaban J connectivity index is 1.56. The number of anilines is 2. The third-order valence-corrected chi connectivity index (χ3v) is 4.09. The SMILES string of the molecule is CCOC(=O)N1CCN(c2ncc(C(=O)Nc3ccc(F)cc3)cn2)CC1. The summed E-state index contributed by atoms with van der Waals surface area (Å²) in [7, 11) is 0. The minimum absolute atomic E-state index is 0.299. The minimum Gasteiger partial charge on any atom is -0.450 e. The lowest BCUT2D eigenvalue weighted by atomic mass is 10.2. The number of carbonyl (C=O) groups is 2. The van der Waals surface area contributed by atoms with Crippen molar-refractivity contribution in [2.45, 2.75) is 6.92 Å². The maximum Gasteiger partial charge on any atom is 0.409 e. The van der Waals surface area contributed by atoms with Gasteiger partial charge in [0.15, 0.2) is 0 Å². The van der Waals surface area contributed by atoms with Crippen molar-refractivity contribution in [3.63, 3.8) is 0 Å². The van der Waals surface area contributed by atoms with Crippen LogP contribution in [0.1, 0.15) is 17.3 Å². The number of benzene rings is 1. The molecule has 8 nitrogen and oxygen atoms in total. The van der Waals surface area contributed by atoms with Gasteiger partial charge in [-0.25, -0.2) is 19.2 Å². The number of nitrogens with zero attached hydrogens (tertiary/aromatic N) is 4. The number of hydrogen-bond acceptors (Lipinski definition) is 6. The van der Waals surface area contributed by atoms with E-state index in [2.05, 4.69) is 15.3 Å². The van der Waals surface area contributed by atoms with E-state index in [0.29, 0.717) is 50.0 Å². The van der Waals surface area contributed by atoms with Crippen LogP contribution >= 0.6 is 0 Å². The standard InChI is InChI=1S/C18H20FN5O3/c1-2-27-18(26)24-9-7-23(8-10-24)17-20-11-13(12-21-17)16(25)22-15-5-3-14(19)4-6-15/h3-6,11-12H,2,7-10H2,1H3,(H,22,25). The Morgan fingerprint density at radius 3 is 2.33 bits per heavy atom. The van der Waals surface area contributed by atoms with Gasteiger partial charge in [-0.2, -0.15) is 0 Å². The highest BCUT2D eigenvalue weighted by Crippen LogP contribution is 2.13. The molecule has 0 bridgehead atoms. The second-order valence-electron chi connectivity index (χ2n) is 5.91. The number of nitrogens with one attached hydrogen (secondary N) is 1. The minimum atomic E-state index is -0.375. The van der Waals surface area contributed by atoms with Crippen LogP contribution in [0.4, 0.5) is 20.8 Å². The highest BCUT2D eigenvalue weighted by molar-refractivity contribution is 6.03. The summed E-state index contributed by atoms with van der Waals surface area (Å²) in [6.45, 7) is 4.34. The Hall–Kier alpha value is -3.23. The van der Waals surface area contributed by atoms with Gasteiger partial charge in [-0.15, -0.1) is 0 Å². The van der Waals surface area contributed by atoms with Gasteiger partial charge in [0, 0.05) is 44.3 Å². The van der Waals surface area contributed by atoms with Gasteiger partial charge in [0.25, 0.3) is 5.91 Å². The number of carbonyl (C=O) groups excluding carboxylic acids is 2. The maximum atomic E-state index is 12.9. The number of ether oxygens (including phenoxy) is 1. The van der Waals surface area contributed by atoms with Gasteiger partial charge in [0.2, 0.25) is 5.95 Å². The van der Waals surface area contributed by atoms with Crippen LogP contribution in [0.3, 0.4) is 0 Å². The molecule has 0 unspecified atom stereocenters. The second kappa shape index (κ2) is 8.43. The molecule has 1 N–H and O–H groups in total. The van der Waals surface area contributed by atoms with Gasteiger partial charge in [0.1, 0.15) is 5.82 Å². The van der Waals surface area contributed by atoms with E-state index in [-0.39, 0.29) is 17.8 Å². The Labute approximate surface area is 156 Å². The van der Waals surface area contributed by atoms with Crippen molar-refractivity contribution in [1.82, 2.24) is 14.9 Å². The van der Waals surface area contributed by atoms with Crippen LogP contribution in [0.25, 0.3) is 0 Å². The number of hydrogen-bond donors (Lipinski definition) is 1. The molecule has 0 spiro atoms. The van der Waals surface area contributed by atoms with Gasteiger partial charge in [-0.05, 0) is 31.2 Å². The lowest BCUT2D eigenvalue weighted by molar-refractivity contribution is 0.102. The lowest BCUT2D eigenvalue weighted by Crippen LogP contribution is -2.49. The molecular formula is C18H20FN5O3. The molecule has 2 aromatic rings. The predicted molar refractivity (Wildman–Crippen MR) is 97.2 cm³/mol. The largest absolute Gasteiger partial charge is 0.450 e. The molecule has 1 saturated heterocycles. The molecule has 0 atom stereocenters. The third kappa shape index (κ3) is 4.69. The van der Waals surface area contributed by atoms with E-state index >= 15 is 0 Å². The van der Waals surface area contributed by atoms with E-state index in [4.69, 9.17) is 4.74 Å². The zero-order chi connectivity index (χ0) is 19.2. The Bertz CT molecular complexity index is 790. The summed E-state index contributed by atoms with van der Waals surface area (Å²) in [5.74, 6) is -0.249. The van der Waals surface area contributed by atoms with Crippen molar-refractivity contribution >= 4 is 23.6 Å². The molecule has 0 saturated carbocycles. The molecule has 9 heteroatoms. The van der Waals surface area contributed by atoms with E-state index in [1.54, 1.807) is 11.8 Å². The van der Waals surface area contributed by atoms with E-state index in [1.807, 2.05) is 4.90 Å². The highest BCUT2D eigenvalue weighted by atomic mass is 19.1. The van der Waals surface area contributed by atoms with Crippen LogP contribution in [-0.2, 0) is 4.74 Å². The Kier molecular flexibility index (Phi) is 5.80.